The maximum Gasteiger partial charge on any atom is 0.408 e. The first-order chi connectivity index (χ1) is 4.96. The van der Waals surface area contributed by atoms with Crippen molar-refractivity contribution in [2.24, 2.45) is 5.73 Å². The summed E-state index contributed by atoms with van der Waals surface area (Å²) in [4.78, 5) is 0. The van der Waals surface area contributed by atoms with E-state index in [1.807, 2.05) is 0 Å². The van der Waals surface area contributed by atoms with Crippen LogP contribution >= 0.6 is 0 Å². The van der Waals surface area contributed by atoms with Crippen LogP contribution in [0.5, 0.6) is 0 Å². The van der Waals surface area contributed by atoms with E-state index in [4.69, 9.17) is 5.73 Å². The first-order valence-electron chi connectivity index (χ1n) is 3.39. The largest absolute Gasteiger partial charge is 0.408 e. The quantitative estimate of drug-likeness (QED) is 0.588. The van der Waals surface area contributed by atoms with Gasteiger partial charge in [-0.2, -0.15) is 13.2 Å². The molecule has 0 aromatic carbocycles. The van der Waals surface area contributed by atoms with Gasteiger partial charge >= 0.3 is 6.18 Å². The van der Waals surface area contributed by atoms with E-state index in [2.05, 4.69) is 4.74 Å². The van der Waals surface area contributed by atoms with Crippen molar-refractivity contribution in [3.05, 3.63) is 0 Å². The minimum absolute atomic E-state index is 0.0312. The van der Waals surface area contributed by atoms with Crippen LogP contribution in [0.4, 0.5) is 13.2 Å². The van der Waals surface area contributed by atoms with E-state index in [1.165, 1.54) is 0 Å². The van der Waals surface area contributed by atoms with Crippen LogP contribution in [0.1, 0.15) is 12.8 Å². The average Bonchev–Trinajstić information content (AvgIpc) is 1.87. The highest BCUT2D eigenvalue weighted by Gasteiger charge is 2.52. The second-order valence-electron chi connectivity index (χ2n) is 2.81. The van der Waals surface area contributed by atoms with E-state index in [0.717, 1.165) is 0 Å². The molecule has 1 heterocycles. The van der Waals surface area contributed by atoms with Gasteiger partial charge in [-0.3, -0.25) is 0 Å². The summed E-state index contributed by atoms with van der Waals surface area (Å²) < 4.78 is 41.0. The Labute approximate surface area is 62.5 Å². The van der Waals surface area contributed by atoms with Crippen LogP contribution in [0.15, 0.2) is 0 Å². The fourth-order valence-corrected chi connectivity index (χ4v) is 1.04. The molecule has 0 aromatic rings. The maximum absolute atomic E-state index is 12.1. The second-order valence-corrected chi connectivity index (χ2v) is 2.81. The van der Waals surface area contributed by atoms with Crippen LogP contribution in [-0.4, -0.2) is 24.9 Å². The van der Waals surface area contributed by atoms with Crippen molar-refractivity contribution in [1.29, 1.82) is 0 Å². The molecule has 66 valence electrons. The van der Waals surface area contributed by atoms with Crippen molar-refractivity contribution in [3.63, 3.8) is 0 Å². The number of halogens is 3. The molecule has 0 spiro atoms. The van der Waals surface area contributed by atoms with Gasteiger partial charge in [0.1, 0.15) is 5.54 Å². The van der Waals surface area contributed by atoms with Gasteiger partial charge in [0.2, 0.25) is 0 Å². The van der Waals surface area contributed by atoms with Gasteiger partial charge in [-0.05, 0) is 12.8 Å². The second kappa shape index (κ2) is 2.64. The van der Waals surface area contributed by atoms with E-state index in [-0.39, 0.29) is 6.42 Å². The number of nitrogens with two attached hydrogens (primary N) is 1. The lowest BCUT2D eigenvalue weighted by Gasteiger charge is -2.34. The fourth-order valence-electron chi connectivity index (χ4n) is 1.04. The zero-order valence-electron chi connectivity index (χ0n) is 5.95. The molecule has 1 unspecified atom stereocenters. The first-order valence-corrected chi connectivity index (χ1v) is 3.39. The normalized spacial score (nSPS) is 33.8. The molecule has 2 nitrogen and oxygen atoms in total. The summed E-state index contributed by atoms with van der Waals surface area (Å²) in [6.07, 6.45) is -3.99. The summed E-state index contributed by atoms with van der Waals surface area (Å²) in [5.41, 5.74) is 2.98. The molecule has 1 aliphatic heterocycles. The smallest absolute Gasteiger partial charge is 0.379 e. The predicted molar refractivity (Wildman–Crippen MR) is 33.0 cm³/mol. The van der Waals surface area contributed by atoms with Crippen molar-refractivity contribution in [3.8, 4) is 0 Å². The minimum atomic E-state index is -4.34. The highest BCUT2D eigenvalue weighted by atomic mass is 19.4. The van der Waals surface area contributed by atoms with Crippen LogP contribution in [0.2, 0.25) is 0 Å². The molecule has 0 radical (unpaired) electrons. The van der Waals surface area contributed by atoms with E-state index >= 15 is 0 Å². The Balaban J connectivity index is 2.64. The molecule has 1 aliphatic rings. The monoisotopic (exact) mass is 169 g/mol. The summed E-state index contributed by atoms with van der Waals surface area (Å²) in [6, 6.07) is 0. The molecule has 2 N–H and O–H groups in total. The van der Waals surface area contributed by atoms with Crippen molar-refractivity contribution < 1.29 is 17.9 Å². The molecule has 5 heteroatoms. The van der Waals surface area contributed by atoms with Gasteiger partial charge < -0.3 is 10.5 Å². The van der Waals surface area contributed by atoms with Gasteiger partial charge in [0.15, 0.2) is 0 Å². The van der Waals surface area contributed by atoms with E-state index in [0.29, 0.717) is 13.0 Å². The standard InChI is InChI=1S/C6H10F3NO/c7-6(8,9)5(10)2-1-3-11-4-5/h1-4,10H2. The highest BCUT2D eigenvalue weighted by Crippen LogP contribution is 2.34. The zero-order valence-corrected chi connectivity index (χ0v) is 5.95. The van der Waals surface area contributed by atoms with Crippen LogP contribution in [0.25, 0.3) is 0 Å². The van der Waals surface area contributed by atoms with Crippen molar-refractivity contribution >= 4 is 0 Å². The van der Waals surface area contributed by atoms with E-state index < -0.39 is 18.3 Å². The topological polar surface area (TPSA) is 35.2 Å². The molecule has 0 saturated carbocycles. The van der Waals surface area contributed by atoms with Crippen LogP contribution < -0.4 is 5.73 Å². The Morgan fingerprint density at radius 1 is 1.36 bits per heavy atom. The molecule has 0 aliphatic carbocycles. The first kappa shape index (κ1) is 8.80. The van der Waals surface area contributed by atoms with Gasteiger partial charge in [-0.1, -0.05) is 0 Å². The Bertz CT molecular complexity index is 139. The summed E-state index contributed by atoms with van der Waals surface area (Å²) in [6.45, 7) is -0.0223. The third-order valence-electron chi connectivity index (χ3n) is 1.84. The van der Waals surface area contributed by atoms with Crippen molar-refractivity contribution in [2.45, 2.75) is 24.6 Å². The molecular weight excluding hydrogens is 159 g/mol. The van der Waals surface area contributed by atoms with Crippen molar-refractivity contribution in [2.75, 3.05) is 13.2 Å². The molecule has 0 amide bonds. The molecule has 1 saturated heterocycles. The number of rotatable bonds is 0. The summed E-state index contributed by atoms with van der Waals surface area (Å²) in [5, 5.41) is 0. The Hall–Kier alpha value is -0.290. The van der Waals surface area contributed by atoms with Crippen LogP contribution in [0.3, 0.4) is 0 Å². The third-order valence-corrected chi connectivity index (χ3v) is 1.84. The van der Waals surface area contributed by atoms with Crippen molar-refractivity contribution in [1.82, 2.24) is 0 Å². The van der Waals surface area contributed by atoms with Gasteiger partial charge in [0.25, 0.3) is 0 Å². The fraction of sp³-hybridized carbons (Fsp3) is 1.00. The highest BCUT2D eigenvalue weighted by molar-refractivity contribution is 4.93. The maximum atomic E-state index is 12.1. The van der Waals surface area contributed by atoms with Gasteiger partial charge in [-0.25, -0.2) is 0 Å². The number of hydrogen-bond donors (Lipinski definition) is 1. The number of hydrogen-bond acceptors (Lipinski definition) is 2. The number of alkyl halides is 3. The molecule has 1 atom stereocenters. The summed E-state index contributed by atoms with van der Waals surface area (Å²) in [7, 11) is 0. The van der Waals surface area contributed by atoms with E-state index in [9.17, 15) is 13.2 Å². The Kier molecular flexibility index (Phi) is 2.11. The lowest BCUT2D eigenvalue weighted by Crippen LogP contribution is -2.58. The van der Waals surface area contributed by atoms with E-state index in [1.54, 1.807) is 0 Å². The summed E-state index contributed by atoms with van der Waals surface area (Å²) in [5.74, 6) is 0. The predicted octanol–water partition coefficient (Wildman–Crippen LogP) is 1.06. The summed E-state index contributed by atoms with van der Waals surface area (Å²) >= 11 is 0. The van der Waals surface area contributed by atoms with Crippen LogP contribution in [0, 0.1) is 0 Å². The molecular formula is C6H10F3NO. The number of ether oxygens (including phenoxy) is 1. The van der Waals surface area contributed by atoms with Gasteiger partial charge in [0, 0.05) is 6.61 Å². The Morgan fingerprint density at radius 3 is 2.27 bits per heavy atom. The van der Waals surface area contributed by atoms with Crippen LogP contribution in [-0.2, 0) is 4.74 Å². The third kappa shape index (κ3) is 1.65. The SMILES string of the molecule is NC1(C(F)(F)F)CCCOC1. The molecule has 0 bridgehead atoms. The molecule has 1 fully saturated rings. The lowest BCUT2D eigenvalue weighted by atomic mass is 9.93. The minimum Gasteiger partial charge on any atom is -0.379 e. The van der Waals surface area contributed by atoms with Gasteiger partial charge in [0.05, 0.1) is 6.61 Å². The lowest BCUT2D eigenvalue weighted by molar-refractivity contribution is -0.211. The average molecular weight is 169 g/mol. The van der Waals surface area contributed by atoms with Gasteiger partial charge in [-0.15, -0.1) is 0 Å². The molecule has 1 rings (SSSR count). The molecule has 11 heavy (non-hydrogen) atoms. The Morgan fingerprint density at radius 2 is 2.00 bits per heavy atom. The molecule has 0 aromatic heterocycles. The zero-order chi connectivity index (χ0) is 8.54.